The molecule has 3 rings (SSSR count). The molecule has 0 aliphatic rings. The van der Waals surface area contributed by atoms with E-state index in [1.165, 1.54) is 0 Å². The number of pyridine rings is 1. The summed E-state index contributed by atoms with van der Waals surface area (Å²) in [5, 5.41) is 4.00. The normalized spacial score (nSPS) is 12.3. The number of carbonyl (C=O) groups is 2. The number of nitrogens with two attached hydrogens (primary N) is 2. The highest BCUT2D eigenvalue weighted by Crippen LogP contribution is 2.29. The van der Waals surface area contributed by atoms with Crippen molar-refractivity contribution in [2.45, 2.75) is 64.8 Å². The average molecular weight is 483 g/mol. The molecule has 5 N–H and O–H groups in total. The molecule has 9 nitrogen and oxygen atoms in total. The second kappa shape index (κ2) is 13.0. The summed E-state index contributed by atoms with van der Waals surface area (Å²) in [7, 11) is 1.69. The van der Waals surface area contributed by atoms with Gasteiger partial charge in [-0.25, -0.2) is 9.97 Å². The van der Waals surface area contributed by atoms with E-state index in [0.717, 1.165) is 60.0 Å². The van der Waals surface area contributed by atoms with Crippen LogP contribution in [-0.4, -0.2) is 46.6 Å². The molecule has 1 aromatic carbocycles. The number of para-hydroxylation sites is 1. The molecule has 0 radical (unpaired) electrons. The van der Waals surface area contributed by atoms with E-state index in [-0.39, 0.29) is 17.7 Å². The van der Waals surface area contributed by atoms with Gasteiger partial charge in [0.05, 0.1) is 17.6 Å². The molecule has 0 unspecified atom stereocenters. The maximum Gasteiger partial charge on any atom is 0.220 e. The maximum absolute atomic E-state index is 12.0. The highest BCUT2D eigenvalue weighted by atomic mass is 16.5. The van der Waals surface area contributed by atoms with Gasteiger partial charge in [0, 0.05) is 44.3 Å². The Hall–Kier alpha value is -3.20. The van der Waals surface area contributed by atoms with Crippen LogP contribution in [0.2, 0.25) is 0 Å². The van der Waals surface area contributed by atoms with E-state index in [4.69, 9.17) is 21.2 Å². The van der Waals surface area contributed by atoms with Crippen molar-refractivity contribution in [3.63, 3.8) is 0 Å². The van der Waals surface area contributed by atoms with Gasteiger partial charge < -0.3 is 26.1 Å². The lowest BCUT2D eigenvalue weighted by Crippen LogP contribution is -2.27. The second-order valence-electron chi connectivity index (χ2n) is 8.94. The number of hydrogen-bond donors (Lipinski definition) is 3. The highest BCUT2D eigenvalue weighted by molar-refractivity contribution is 6.06. The third-order valence-corrected chi connectivity index (χ3v) is 6.46. The molecule has 35 heavy (non-hydrogen) atoms. The fraction of sp³-hybridized carbons (Fsp3) is 0.538. The predicted molar refractivity (Wildman–Crippen MR) is 139 cm³/mol. The highest BCUT2D eigenvalue weighted by Gasteiger charge is 2.17. The molecule has 9 heteroatoms. The number of imidazole rings is 1. The zero-order valence-corrected chi connectivity index (χ0v) is 20.9. The number of methoxy groups -OCH3 is 1. The third kappa shape index (κ3) is 6.91. The number of nitrogens with one attached hydrogen (secondary N) is 1. The van der Waals surface area contributed by atoms with Gasteiger partial charge in [-0.05, 0) is 31.7 Å². The standard InChI is InChI=1S/C26H38N6O3/c1-3-18(26(28)34)12-13-22(33)29-15-8-4-5-9-16-32-21(14-17-35-2)31-23-24(32)19-10-6-7-11-20(19)30-25(23)27/h6-7,10-11,18H,3-5,8-9,12-17H2,1-2H3,(H2,27,30)(H2,28,34)(H,29,33)/t18-/m0/s1. The first-order valence-corrected chi connectivity index (χ1v) is 12.5. The van der Waals surface area contributed by atoms with Crippen LogP contribution in [-0.2, 0) is 27.3 Å². The van der Waals surface area contributed by atoms with E-state index in [9.17, 15) is 9.59 Å². The van der Waals surface area contributed by atoms with Gasteiger partial charge in [-0.3, -0.25) is 9.59 Å². The number of aryl methyl sites for hydroxylation is 1. The summed E-state index contributed by atoms with van der Waals surface area (Å²) in [5.41, 5.74) is 14.2. The number of ether oxygens (including phenoxy) is 1. The van der Waals surface area contributed by atoms with Crippen LogP contribution < -0.4 is 16.8 Å². The summed E-state index contributed by atoms with van der Waals surface area (Å²) in [5.74, 6) is 0.837. The molecule has 0 aliphatic heterocycles. The molecular formula is C26H38N6O3. The van der Waals surface area contributed by atoms with Gasteiger partial charge in [0.25, 0.3) is 0 Å². The number of hydrogen-bond acceptors (Lipinski definition) is 6. The minimum atomic E-state index is -0.330. The molecule has 0 saturated heterocycles. The van der Waals surface area contributed by atoms with Crippen LogP contribution in [0, 0.1) is 5.92 Å². The minimum absolute atomic E-state index is 0.0181. The second-order valence-corrected chi connectivity index (χ2v) is 8.94. The molecule has 3 aromatic rings. The minimum Gasteiger partial charge on any atom is -0.384 e. The lowest BCUT2D eigenvalue weighted by atomic mass is 9.99. The number of nitrogen functional groups attached to an aromatic ring is 1. The van der Waals surface area contributed by atoms with E-state index in [2.05, 4.69) is 20.9 Å². The fourth-order valence-electron chi connectivity index (χ4n) is 4.45. The number of primary amides is 1. The van der Waals surface area contributed by atoms with Gasteiger partial charge in [0.15, 0.2) is 5.82 Å². The third-order valence-electron chi connectivity index (χ3n) is 6.46. The number of nitrogens with zero attached hydrogens (tertiary/aromatic N) is 3. The van der Waals surface area contributed by atoms with E-state index < -0.39 is 0 Å². The average Bonchev–Trinajstić information content (AvgIpc) is 3.21. The van der Waals surface area contributed by atoms with E-state index in [1.54, 1.807) is 7.11 Å². The van der Waals surface area contributed by atoms with Crippen LogP contribution in [0.1, 0.15) is 57.7 Å². The van der Waals surface area contributed by atoms with Crippen molar-refractivity contribution in [1.29, 1.82) is 0 Å². The van der Waals surface area contributed by atoms with Crippen molar-refractivity contribution >= 4 is 39.6 Å². The van der Waals surface area contributed by atoms with Crippen molar-refractivity contribution < 1.29 is 14.3 Å². The molecule has 190 valence electrons. The van der Waals surface area contributed by atoms with Gasteiger partial charge in [0.1, 0.15) is 11.3 Å². The molecule has 0 aliphatic carbocycles. The van der Waals surface area contributed by atoms with Crippen molar-refractivity contribution in [1.82, 2.24) is 19.9 Å². The van der Waals surface area contributed by atoms with Crippen molar-refractivity contribution in [3.8, 4) is 0 Å². The zero-order valence-electron chi connectivity index (χ0n) is 20.9. The quantitative estimate of drug-likeness (QED) is 0.284. The van der Waals surface area contributed by atoms with Gasteiger partial charge in [-0.1, -0.05) is 38.0 Å². The zero-order chi connectivity index (χ0) is 25.2. The topological polar surface area (TPSA) is 138 Å². The first kappa shape index (κ1) is 26.4. The van der Waals surface area contributed by atoms with Crippen LogP contribution in [0.25, 0.3) is 21.9 Å². The molecule has 2 aromatic heterocycles. The molecule has 2 heterocycles. The van der Waals surface area contributed by atoms with E-state index >= 15 is 0 Å². The van der Waals surface area contributed by atoms with Crippen molar-refractivity contribution in [2.75, 3.05) is 26.0 Å². The Kier molecular flexibility index (Phi) is 9.84. The van der Waals surface area contributed by atoms with Crippen LogP contribution in [0.5, 0.6) is 0 Å². The Balaban J connectivity index is 1.53. The Bertz CT molecular complexity index is 1140. The van der Waals surface area contributed by atoms with Gasteiger partial charge in [-0.2, -0.15) is 0 Å². The number of fused-ring (bicyclic) bond motifs is 3. The van der Waals surface area contributed by atoms with E-state index in [0.29, 0.717) is 44.7 Å². The largest absolute Gasteiger partial charge is 0.384 e. The summed E-state index contributed by atoms with van der Waals surface area (Å²) < 4.78 is 7.56. The van der Waals surface area contributed by atoms with E-state index in [1.807, 2.05) is 25.1 Å². The summed E-state index contributed by atoms with van der Waals surface area (Å²) in [4.78, 5) is 32.6. The summed E-state index contributed by atoms with van der Waals surface area (Å²) in [6, 6.07) is 8.02. The molecule has 0 bridgehead atoms. The number of carbonyl (C=O) groups excluding carboxylic acids is 2. The Morgan fingerprint density at radius 1 is 1.14 bits per heavy atom. The fourth-order valence-corrected chi connectivity index (χ4v) is 4.45. The van der Waals surface area contributed by atoms with Crippen LogP contribution in [0.3, 0.4) is 0 Å². The number of rotatable bonds is 15. The van der Waals surface area contributed by atoms with Crippen molar-refractivity contribution in [3.05, 3.63) is 30.1 Å². The van der Waals surface area contributed by atoms with Gasteiger partial charge >= 0.3 is 0 Å². The summed E-state index contributed by atoms with van der Waals surface area (Å²) in [6.45, 7) is 3.98. The van der Waals surface area contributed by atoms with Crippen LogP contribution >= 0.6 is 0 Å². The Morgan fingerprint density at radius 2 is 1.91 bits per heavy atom. The number of aromatic nitrogens is 3. The first-order chi connectivity index (χ1) is 17.0. The Labute approximate surface area is 206 Å². The van der Waals surface area contributed by atoms with Gasteiger partial charge in [0.2, 0.25) is 11.8 Å². The van der Waals surface area contributed by atoms with Crippen LogP contribution in [0.15, 0.2) is 24.3 Å². The lowest BCUT2D eigenvalue weighted by Gasteiger charge is -2.11. The molecule has 0 fully saturated rings. The molecule has 1 atom stereocenters. The number of anilines is 1. The van der Waals surface area contributed by atoms with Gasteiger partial charge in [-0.15, -0.1) is 0 Å². The van der Waals surface area contributed by atoms with Crippen molar-refractivity contribution in [2.24, 2.45) is 11.7 Å². The number of unbranched alkanes of at least 4 members (excludes halogenated alkanes) is 3. The molecule has 0 saturated carbocycles. The maximum atomic E-state index is 12.0. The SMILES string of the molecule is CC[C@@H](CCC(=O)NCCCCCCn1c(CCOC)nc2c(N)nc3ccccc3c21)C(N)=O. The van der Waals surface area contributed by atoms with Crippen LogP contribution in [0.4, 0.5) is 5.82 Å². The Morgan fingerprint density at radius 3 is 2.66 bits per heavy atom. The molecular weight excluding hydrogens is 444 g/mol. The smallest absolute Gasteiger partial charge is 0.220 e. The number of amides is 2. The lowest BCUT2D eigenvalue weighted by molar-refractivity contribution is -0.123. The number of benzene rings is 1. The molecule has 2 amide bonds. The monoisotopic (exact) mass is 482 g/mol. The molecule has 0 spiro atoms. The summed E-state index contributed by atoms with van der Waals surface area (Å²) in [6.07, 6.45) is 6.19. The summed E-state index contributed by atoms with van der Waals surface area (Å²) >= 11 is 0. The predicted octanol–water partition coefficient (Wildman–Crippen LogP) is 3.32. The first-order valence-electron chi connectivity index (χ1n) is 12.5.